The van der Waals surface area contributed by atoms with Gasteiger partial charge in [0.2, 0.25) is 0 Å². The molecule has 1 heterocycles. The Hall–Kier alpha value is -3.50. The van der Waals surface area contributed by atoms with Crippen molar-refractivity contribution in [3.8, 4) is 18.1 Å². The number of amides is 2. The van der Waals surface area contributed by atoms with Gasteiger partial charge in [-0.05, 0) is 35.0 Å². The standard InChI is InChI=1S/C21H15NO5S/c1-2-11-22-19(23)18(28-21(22)26)12-16-5-3-4-6-17(16)27-13-14-7-9-15(10-8-14)20(24)25/h1,3-10,12H,11,13H2,(H,24,25)/p-1/b18-12-. The Labute approximate surface area is 165 Å². The van der Waals surface area contributed by atoms with Gasteiger partial charge in [-0.25, -0.2) is 0 Å². The summed E-state index contributed by atoms with van der Waals surface area (Å²) in [6, 6.07) is 13.3. The molecular weight excluding hydrogens is 378 g/mol. The largest absolute Gasteiger partial charge is 0.545 e. The Balaban J connectivity index is 1.77. The molecule has 0 aromatic heterocycles. The van der Waals surface area contributed by atoms with Crippen molar-refractivity contribution < 1.29 is 24.2 Å². The lowest BCUT2D eigenvalue weighted by molar-refractivity contribution is -0.255. The predicted molar refractivity (Wildman–Crippen MR) is 103 cm³/mol. The van der Waals surface area contributed by atoms with E-state index < -0.39 is 17.1 Å². The molecule has 1 fully saturated rings. The number of hydrogen-bond donors (Lipinski definition) is 0. The average molecular weight is 392 g/mol. The van der Waals surface area contributed by atoms with Crippen molar-refractivity contribution in [2.24, 2.45) is 0 Å². The number of carboxylic acid groups (broad SMARTS) is 1. The molecule has 1 aliphatic heterocycles. The van der Waals surface area contributed by atoms with E-state index >= 15 is 0 Å². The first kappa shape index (κ1) is 19.3. The molecule has 0 bridgehead atoms. The number of para-hydroxylation sites is 1. The number of terminal acetylenes is 1. The fourth-order valence-electron chi connectivity index (χ4n) is 2.50. The number of carboxylic acids is 1. The highest BCUT2D eigenvalue weighted by Gasteiger charge is 2.34. The number of benzene rings is 2. The summed E-state index contributed by atoms with van der Waals surface area (Å²) >= 11 is 0.830. The van der Waals surface area contributed by atoms with Crippen molar-refractivity contribution in [1.29, 1.82) is 0 Å². The van der Waals surface area contributed by atoms with Gasteiger partial charge in [0.25, 0.3) is 11.1 Å². The highest BCUT2D eigenvalue weighted by atomic mass is 32.2. The summed E-state index contributed by atoms with van der Waals surface area (Å²) in [6.45, 7) is 0.138. The van der Waals surface area contributed by atoms with Crippen molar-refractivity contribution in [1.82, 2.24) is 4.90 Å². The average Bonchev–Trinajstić information content (AvgIpc) is 2.95. The second kappa shape index (κ2) is 8.46. The molecule has 6 nitrogen and oxygen atoms in total. The van der Waals surface area contributed by atoms with E-state index in [9.17, 15) is 19.5 Å². The third-order valence-corrected chi connectivity index (χ3v) is 4.82. The van der Waals surface area contributed by atoms with Gasteiger partial charge < -0.3 is 14.6 Å². The molecule has 0 saturated carbocycles. The lowest BCUT2D eigenvalue weighted by Gasteiger charge is -2.10. The maximum atomic E-state index is 12.3. The van der Waals surface area contributed by atoms with Crippen molar-refractivity contribution in [3.63, 3.8) is 0 Å². The van der Waals surface area contributed by atoms with Crippen LogP contribution in [0.2, 0.25) is 0 Å². The molecule has 7 heteroatoms. The van der Waals surface area contributed by atoms with Crippen LogP contribution in [-0.2, 0) is 11.4 Å². The van der Waals surface area contributed by atoms with Crippen molar-refractivity contribution in [2.45, 2.75) is 6.61 Å². The van der Waals surface area contributed by atoms with Gasteiger partial charge in [0.1, 0.15) is 12.4 Å². The van der Waals surface area contributed by atoms with Crippen LogP contribution < -0.4 is 9.84 Å². The number of thioether (sulfide) groups is 1. The molecule has 1 aliphatic rings. The van der Waals surface area contributed by atoms with Gasteiger partial charge in [0.05, 0.1) is 17.4 Å². The summed E-state index contributed by atoms with van der Waals surface area (Å²) in [5.41, 5.74) is 1.50. The van der Waals surface area contributed by atoms with Gasteiger partial charge in [-0.3, -0.25) is 14.5 Å². The molecule has 1 saturated heterocycles. The van der Waals surface area contributed by atoms with Crippen LogP contribution in [-0.4, -0.2) is 28.6 Å². The van der Waals surface area contributed by atoms with Gasteiger partial charge in [-0.1, -0.05) is 48.4 Å². The second-order valence-electron chi connectivity index (χ2n) is 5.78. The van der Waals surface area contributed by atoms with Crippen LogP contribution in [0.4, 0.5) is 4.79 Å². The number of imide groups is 1. The SMILES string of the molecule is C#CCN1C(=O)S/C(=C\c2ccccc2OCc2ccc(C(=O)[O-])cc2)C1=O. The van der Waals surface area contributed by atoms with Crippen LogP contribution in [0.5, 0.6) is 5.75 Å². The zero-order valence-electron chi connectivity index (χ0n) is 14.6. The summed E-state index contributed by atoms with van der Waals surface area (Å²) in [7, 11) is 0. The quantitative estimate of drug-likeness (QED) is 0.554. The Morgan fingerprint density at radius 2 is 1.89 bits per heavy atom. The molecule has 0 radical (unpaired) electrons. The molecule has 3 rings (SSSR count). The van der Waals surface area contributed by atoms with E-state index in [1.807, 2.05) is 0 Å². The highest BCUT2D eigenvalue weighted by molar-refractivity contribution is 8.18. The summed E-state index contributed by atoms with van der Waals surface area (Å²) in [5, 5.41) is 10.4. The fourth-order valence-corrected chi connectivity index (χ4v) is 3.33. The number of carbonyl (C=O) groups excluding carboxylic acids is 3. The first-order valence-electron chi connectivity index (χ1n) is 8.20. The smallest absolute Gasteiger partial charge is 0.294 e. The van der Waals surface area contributed by atoms with Crippen molar-refractivity contribution in [2.75, 3.05) is 6.54 Å². The van der Waals surface area contributed by atoms with Gasteiger partial charge in [-0.15, -0.1) is 6.42 Å². The fraction of sp³-hybridized carbons (Fsp3) is 0.0952. The van der Waals surface area contributed by atoms with Gasteiger partial charge in [-0.2, -0.15) is 0 Å². The van der Waals surface area contributed by atoms with E-state index in [0.29, 0.717) is 11.3 Å². The van der Waals surface area contributed by atoms with Crippen LogP contribution in [0, 0.1) is 12.3 Å². The Kier molecular flexibility index (Phi) is 5.82. The van der Waals surface area contributed by atoms with Crippen LogP contribution >= 0.6 is 11.8 Å². The van der Waals surface area contributed by atoms with E-state index in [2.05, 4.69) is 5.92 Å². The molecule has 2 aromatic carbocycles. The van der Waals surface area contributed by atoms with Gasteiger partial charge >= 0.3 is 0 Å². The van der Waals surface area contributed by atoms with E-state index in [1.54, 1.807) is 42.5 Å². The molecule has 0 atom stereocenters. The van der Waals surface area contributed by atoms with Gasteiger partial charge in [0, 0.05) is 5.56 Å². The maximum Gasteiger partial charge on any atom is 0.294 e. The Bertz CT molecular complexity index is 1000. The van der Waals surface area contributed by atoms with E-state index in [4.69, 9.17) is 11.2 Å². The topological polar surface area (TPSA) is 86.7 Å². The first-order chi connectivity index (χ1) is 13.5. The monoisotopic (exact) mass is 392 g/mol. The van der Waals surface area contributed by atoms with Crippen LogP contribution in [0.1, 0.15) is 21.5 Å². The summed E-state index contributed by atoms with van der Waals surface area (Å²) < 4.78 is 5.81. The minimum absolute atomic E-state index is 0.0674. The number of hydrogen-bond acceptors (Lipinski definition) is 6. The van der Waals surface area contributed by atoms with Crippen LogP contribution in [0.25, 0.3) is 6.08 Å². The molecule has 2 amide bonds. The number of nitrogens with zero attached hydrogens (tertiary/aromatic N) is 1. The van der Waals surface area contributed by atoms with Crippen LogP contribution in [0.15, 0.2) is 53.4 Å². The molecule has 2 aromatic rings. The van der Waals surface area contributed by atoms with E-state index in [-0.39, 0.29) is 23.6 Å². The second-order valence-corrected chi connectivity index (χ2v) is 6.78. The lowest BCUT2D eigenvalue weighted by atomic mass is 10.1. The molecule has 0 aliphatic carbocycles. The molecule has 0 unspecified atom stereocenters. The Morgan fingerprint density at radius 1 is 1.18 bits per heavy atom. The zero-order chi connectivity index (χ0) is 20.1. The van der Waals surface area contributed by atoms with Crippen molar-refractivity contribution >= 4 is 35.0 Å². The molecule has 0 N–H and O–H groups in total. The Morgan fingerprint density at radius 3 is 2.57 bits per heavy atom. The third-order valence-electron chi connectivity index (χ3n) is 3.91. The molecule has 140 valence electrons. The zero-order valence-corrected chi connectivity index (χ0v) is 15.4. The summed E-state index contributed by atoms with van der Waals surface area (Å²) in [4.78, 5) is 36.3. The summed E-state index contributed by atoms with van der Waals surface area (Å²) in [6.07, 6.45) is 6.79. The normalized spacial score (nSPS) is 15.0. The molecule has 0 spiro atoms. The third kappa shape index (κ3) is 4.24. The number of rotatable bonds is 6. The minimum Gasteiger partial charge on any atom is -0.545 e. The van der Waals surface area contributed by atoms with E-state index in [0.717, 1.165) is 22.2 Å². The number of aromatic carboxylic acids is 1. The van der Waals surface area contributed by atoms with Gasteiger partial charge in [0.15, 0.2) is 0 Å². The highest BCUT2D eigenvalue weighted by Crippen LogP contribution is 2.33. The number of carbonyl (C=O) groups is 3. The minimum atomic E-state index is -1.24. The van der Waals surface area contributed by atoms with E-state index in [1.165, 1.54) is 12.1 Å². The van der Waals surface area contributed by atoms with Crippen LogP contribution in [0.3, 0.4) is 0 Å². The molecule has 28 heavy (non-hydrogen) atoms. The number of ether oxygens (including phenoxy) is 1. The first-order valence-corrected chi connectivity index (χ1v) is 9.02. The van der Waals surface area contributed by atoms with Crippen molar-refractivity contribution in [3.05, 3.63) is 70.1 Å². The molecular formula is C21H14NO5S-. The maximum absolute atomic E-state index is 12.3. The predicted octanol–water partition coefficient (Wildman–Crippen LogP) is 2.30. The summed E-state index contributed by atoms with van der Waals surface area (Å²) in [5.74, 6) is 1.15. The lowest BCUT2D eigenvalue weighted by Crippen LogP contribution is -2.28.